The average molecular weight is 399 g/mol. The molecule has 0 spiro atoms. The van der Waals surface area contributed by atoms with Crippen LogP contribution in [0.1, 0.15) is 12.8 Å². The van der Waals surface area contributed by atoms with Crippen molar-refractivity contribution in [2.45, 2.75) is 17.7 Å². The minimum atomic E-state index is -3.72. The number of nitrogens with one attached hydrogen (secondary N) is 1. The highest BCUT2D eigenvalue weighted by atomic mass is 32.2. The maximum absolute atomic E-state index is 13.1. The van der Waals surface area contributed by atoms with E-state index >= 15 is 0 Å². The molecule has 1 aromatic carbocycles. The summed E-state index contributed by atoms with van der Waals surface area (Å²) in [5, 5.41) is 2.93. The standard InChI is InChI=1S/C18H26FN3O4S/c19-16-3-5-17(6-4-16)27(24,25)22-8-1-2-15(14-22)18(23)20-7-9-21-10-12-26-13-11-21/h3-6,15H,1-2,7-14H2,(H,20,23)/t15-/m0/s1. The Hall–Kier alpha value is -1.55. The van der Waals surface area contributed by atoms with Crippen molar-refractivity contribution in [3.05, 3.63) is 30.1 Å². The van der Waals surface area contributed by atoms with E-state index in [4.69, 9.17) is 4.74 Å². The van der Waals surface area contributed by atoms with E-state index in [1.54, 1.807) is 0 Å². The smallest absolute Gasteiger partial charge is 0.243 e. The van der Waals surface area contributed by atoms with Crippen LogP contribution in [0.15, 0.2) is 29.2 Å². The molecule has 0 bridgehead atoms. The zero-order chi connectivity index (χ0) is 19.3. The second-order valence-corrected chi connectivity index (χ2v) is 8.84. The lowest BCUT2D eigenvalue weighted by atomic mass is 9.99. The zero-order valence-electron chi connectivity index (χ0n) is 15.3. The third kappa shape index (κ3) is 5.25. The molecule has 2 aliphatic heterocycles. The fourth-order valence-electron chi connectivity index (χ4n) is 3.44. The molecule has 0 radical (unpaired) electrons. The minimum absolute atomic E-state index is 0.0530. The predicted molar refractivity (Wildman–Crippen MR) is 98.2 cm³/mol. The Balaban J connectivity index is 1.53. The average Bonchev–Trinajstić information content (AvgIpc) is 2.69. The highest BCUT2D eigenvalue weighted by molar-refractivity contribution is 7.89. The van der Waals surface area contributed by atoms with Gasteiger partial charge in [-0.25, -0.2) is 12.8 Å². The van der Waals surface area contributed by atoms with Crippen LogP contribution in [0.25, 0.3) is 0 Å². The molecule has 2 fully saturated rings. The molecule has 0 aliphatic carbocycles. The fourth-order valence-corrected chi connectivity index (χ4v) is 4.96. The molecule has 1 amide bonds. The summed E-state index contributed by atoms with van der Waals surface area (Å²) in [5.41, 5.74) is 0. The monoisotopic (exact) mass is 399 g/mol. The van der Waals surface area contributed by atoms with Crippen LogP contribution >= 0.6 is 0 Å². The molecule has 7 nitrogen and oxygen atoms in total. The lowest BCUT2D eigenvalue weighted by molar-refractivity contribution is -0.126. The summed E-state index contributed by atoms with van der Waals surface area (Å²) in [5.74, 6) is -0.953. The van der Waals surface area contributed by atoms with Crippen molar-refractivity contribution in [1.29, 1.82) is 0 Å². The van der Waals surface area contributed by atoms with Crippen molar-refractivity contribution in [3.63, 3.8) is 0 Å². The molecule has 1 aromatic rings. The molecule has 3 rings (SSSR count). The number of morpholine rings is 1. The van der Waals surface area contributed by atoms with Gasteiger partial charge in [-0.15, -0.1) is 0 Å². The van der Waals surface area contributed by atoms with Gasteiger partial charge in [0, 0.05) is 39.3 Å². The number of rotatable bonds is 6. The lowest BCUT2D eigenvalue weighted by Crippen LogP contribution is -2.47. The van der Waals surface area contributed by atoms with E-state index < -0.39 is 15.8 Å². The van der Waals surface area contributed by atoms with Crippen LogP contribution in [0.3, 0.4) is 0 Å². The van der Waals surface area contributed by atoms with Gasteiger partial charge in [0.15, 0.2) is 0 Å². The topological polar surface area (TPSA) is 79.0 Å². The van der Waals surface area contributed by atoms with Crippen molar-refractivity contribution in [1.82, 2.24) is 14.5 Å². The Kier molecular flexibility index (Phi) is 6.80. The Morgan fingerprint density at radius 3 is 2.59 bits per heavy atom. The molecule has 2 heterocycles. The number of nitrogens with zero attached hydrogens (tertiary/aromatic N) is 2. The molecule has 2 saturated heterocycles. The molecule has 150 valence electrons. The molecule has 0 unspecified atom stereocenters. The molecule has 2 aliphatic rings. The molecule has 0 saturated carbocycles. The van der Waals surface area contributed by atoms with Crippen LogP contribution in [0, 0.1) is 11.7 Å². The Morgan fingerprint density at radius 1 is 1.19 bits per heavy atom. The first-order chi connectivity index (χ1) is 13.0. The Labute approximate surface area is 159 Å². The summed E-state index contributed by atoms with van der Waals surface area (Å²) in [4.78, 5) is 14.8. The summed E-state index contributed by atoms with van der Waals surface area (Å²) >= 11 is 0. The van der Waals surface area contributed by atoms with Crippen molar-refractivity contribution in [2.75, 3.05) is 52.5 Å². The van der Waals surface area contributed by atoms with E-state index in [2.05, 4.69) is 10.2 Å². The van der Waals surface area contributed by atoms with Crippen molar-refractivity contribution < 1.29 is 22.3 Å². The van der Waals surface area contributed by atoms with E-state index in [9.17, 15) is 17.6 Å². The molecule has 27 heavy (non-hydrogen) atoms. The van der Waals surface area contributed by atoms with E-state index in [0.717, 1.165) is 31.8 Å². The summed E-state index contributed by atoms with van der Waals surface area (Å²) in [6.45, 7) is 4.99. The van der Waals surface area contributed by atoms with Crippen LogP contribution in [-0.4, -0.2) is 76.0 Å². The number of benzene rings is 1. The molecule has 1 atom stereocenters. The first-order valence-corrected chi connectivity index (χ1v) is 10.7. The van der Waals surface area contributed by atoms with Gasteiger partial charge in [-0.3, -0.25) is 9.69 Å². The molecular weight excluding hydrogens is 373 g/mol. The highest BCUT2D eigenvalue weighted by Crippen LogP contribution is 2.24. The van der Waals surface area contributed by atoms with Gasteiger partial charge >= 0.3 is 0 Å². The van der Waals surface area contributed by atoms with E-state index in [-0.39, 0.29) is 23.3 Å². The molecule has 0 aromatic heterocycles. The number of halogens is 1. The van der Waals surface area contributed by atoms with Gasteiger partial charge in [-0.2, -0.15) is 4.31 Å². The van der Waals surface area contributed by atoms with Crippen LogP contribution in [0.4, 0.5) is 4.39 Å². The van der Waals surface area contributed by atoms with E-state index in [0.29, 0.717) is 39.1 Å². The number of sulfonamides is 1. The first-order valence-electron chi connectivity index (χ1n) is 9.30. The number of ether oxygens (including phenoxy) is 1. The minimum Gasteiger partial charge on any atom is -0.379 e. The van der Waals surface area contributed by atoms with Gasteiger partial charge in [0.25, 0.3) is 0 Å². The number of amides is 1. The van der Waals surface area contributed by atoms with Crippen LogP contribution in [-0.2, 0) is 19.6 Å². The zero-order valence-corrected chi connectivity index (χ0v) is 16.1. The van der Waals surface area contributed by atoms with Gasteiger partial charge in [0.05, 0.1) is 24.0 Å². The Morgan fingerprint density at radius 2 is 1.89 bits per heavy atom. The van der Waals surface area contributed by atoms with Gasteiger partial charge in [-0.1, -0.05) is 0 Å². The SMILES string of the molecule is O=C(NCCN1CCOCC1)[C@H]1CCCN(S(=O)(=O)c2ccc(F)cc2)C1. The van der Waals surface area contributed by atoms with E-state index in [1.807, 2.05) is 0 Å². The second kappa shape index (κ2) is 9.09. The highest BCUT2D eigenvalue weighted by Gasteiger charge is 2.33. The maximum Gasteiger partial charge on any atom is 0.243 e. The predicted octanol–water partition coefficient (Wildman–Crippen LogP) is 0.675. The first kappa shape index (κ1) is 20.2. The van der Waals surface area contributed by atoms with Crippen molar-refractivity contribution in [2.24, 2.45) is 5.92 Å². The van der Waals surface area contributed by atoms with Crippen molar-refractivity contribution >= 4 is 15.9 Å². The van der Waals surface area contributed by atoms with Gasteiger partial charge in [0.2, 0.25) is 15.9 Å². The van der Waals surface area contributed by atoms with E-state index in [1.165, 1.54) is 16.4 Å². The fraction of sp³-hybridized carbons (Fsp3) is 0.611. The summed E-state index contributed by atoms with van der Waals surface area (Å²) in [7, 11) is -3.72. The summed E-state index contributed by atoms with van der Waals surface area (Å²) < 4.78 is 45.2. The number of hydrogen-bond donors (Lipinski definition) is 1. The summed E-state index contributed by atoms with van der Waals surface area (Å²) in [6.07, 6.45) is 1.29. The quantitative estimate of drug-likeness (QED) is 0.761. The maximum atomic E-state index is 13.1. The number of piperidine rings is 1. The number of carbonyl (C=O) groups excluding carboxylic acids is 1. The van der Waals surface area contributed by atoms with Crippen LogP contribution in [0.2, 0.25) is 0 Å². The summed E-state index contributed by atoms with van der Waals surface area (Å²) in [6, 6.07) is 4.78. The van der Waals surface area contributed by atoms with Gasteiger partial charge < -0.3 is 10.1 Å². The third-order valence-electron chi connectivity index (χ3n) is 5.04. The van der Waals surface area contributed by atoms with Crippen LogP contribution < -0.4 is 5.32 Å². The molecule has 1 N–H and O–H groups in total. The largest absolute Gasteiger partial charge is 0.379 e. The van der Waals surface area contributed by atoms with Crippen LogP contribution in [0.5, 0.6) is 0 Å². The third-order valence-corrected chi connectivity index (χ3v) is 6.92. The number of hydrogen-bond acceptors (Lipinski definition) is 5. The second-order valence-electron chi connectivity index (χ2n) is 6.90. The molecular formula is C18H26FN3O4S. The van der Waals surface area contributed by atoms with Gasteiger partial charge in [-0.05, 0) is 37.1 Å². The van der Waals surface area contributed by atoms with Crippen molar-refractivity contribution in [3.8, 4) is 0 Å². The van der Waals surface area contributed by atoms with Gasteiger partial charge in [0.1, 0.15) is 5.82 Å². The normalized spacial score (nSPS) is 22.5. The molecule has 9 heteroatoms. The number of carbonyl (C=O) groups is 1. The Bertz CT molecular complexity index is 735. The lowest BCUT2D eigenvalue weighted by Gasteiger charge is -2.31.